The van der Waals surface area contributed by atoms with Crippen LogP contribution in [0.25, 0.3) is 6.08 Å². The van der Waals surface area contributed by atoms with E-state index in [2.05, 4.69) is 5.32 Å². The van der Waals surface area contributed by atoms with Gasteiger partial charge in [0.25, 0.3) is 5.91 Å². The van der Waals surface area contributed by atoms with Crippen LogP contribution < -0.4 is 16.8 Å². The Balaban J connectivity index is 3.04. The first-order valence-electron chi connectivity index (χ1n) is 4.71. The molecule has 0 atom stereocenters. The summed E-state index contributed by atoms with van der Waals surface area (Å²) in [4.78, 5) is 22.7. The van der Waals surface area contributed by atoms with Crippen LogP contribution in [-0.2, 0) is 0 Å². The molecule has 0 spiro atoms. The van der Waals surface area contributed by atoms with Crippen LogP contribution in [0.2, 0.25) is 0 Å². The zero-order valence-corrected chi connectivity index (χ0v) is 9.64. The first-order valence-corrected chi connectivity index (χ1v) is 5.53. The second-order valence-corrected chi connectivity index (χ2v) is 4.14. The van der Waals surface area contributed by atoms with E-state index in [9.17, 15) is 9.59 Å². The molecule has 0 aliphatic rings. The van der Waals surface area contributed by atoms with Crippen molar-refractivity contribution in [2.45, 2.75) is 13.3 Å². The molecule has 0 saturated heterocycles. The van der Waals surface area contributed by atoms with Crippen molar-refractivity contribution in [3.63, 3.8) is 0 Å². The Morgan fingerprint density at radius 2 is 2.19 bits per heavy atom. The third-order valence-corrected chi connectivity index (χ3v) is 2.79. The maximum Gasteiger partial charge on any atom is 0.317 e. The summed E-state index contributed by atoms with van der Waals surface area (Å²) < 4.78 is 0. The van der Waals surface area contributed by atoms with E-state index in [4.69, 9.17) is 11.5 Å². The summed E-state index contributed by atoms with van der Waals surface area (Å²) in [7, 11) is 0. The Bertz CT molecular complexity index is 437. The molecule has 1 rings (SSSR count). The van der Waals surface area contributed by atoms with Crippen LogP contribution in [0, 0.1) is 0 Å². The molecule has 0 fully saturated rings. The van der Waals surface area contributed by atoms with Crippen molar-refractivity contribution in [1.82, 2.24) is 0 Å². The van der Waals surface area contributed by atoms with Gasteiger partial charge in [0.15, 0.2) is 0 Å². The summed E-state index contributed by atoms with van der Waals surface area (Å²) in [5.74, 6) is -0.587. The lowest BCUT2D eigenvalue weighted by atomic mass is 10.2. The lowest BCUT2D eigenvalue weighted by molar-refractivity contribution is 0.100. The van der Waals surface area contributed by atoms with Crippen LogP contribution in [-0.4, -0.2) is 11.9 Å². The fourth-order valence-electron chi connectivity index (χ4n) is 1.11. The largest absolute Gasteiger partial charge is 0.366 e. The second-order valence-electron chi connectivity index (χ2n) is 3.06. The van der Waals surface area contributed by atoms with Gasteiger partial charge >= 0.3 is 6.03 Å². The lowest BCUT2D eigenvalue weighted by Crippen LogP contribution is -2.21. The molecular weight excluding hydrogens is 226 g/mol. The third kappa shape index (κ3) is 3.09. The van der Waals surface area contributed by atoms with Gasteiger partial charge in [-0.25, -0.2) is 4.79 Å². The smallest absolute Gasteiger partial charge is 0.317 e. The molecule has 16 heavy (non-hydrogen) atoms. The minimum Gasteiger partial charge on any atom is -0.366 e. The highest BCUT2D eigenvalue weighted by Gasteiger charge is 2.13. The summed E-state index contributed by atoms with van der Waals surface area (Å²) in [5.41, 5.74) is 10.5. The minimum absolute atomic E-state index is 0.277. The predicted molar refractivity (Wildman–Crippen MR) is 65.4 cm³/mol. The molecule has 86 valence electrons. The maximum absolute atomic E-state index is 11.1. The van der Waals surface area contributed by atoms with Gasteiger partial charge in [0.05, 0.1) is 5.56 Å². The summed E-state index contributed by atoms with van der Waals surface area (Å²) in [6, 6.07) is 0.917. The van der Waals surface area contributed by atoms with Crippen LogP contribution in [0.5, 0.6) is 0 Å². The zero-order valence-electron chi connectivity index (χ0n) is 8.82. The Labute approximate surface area is 97.1 Å². The fraction of sp³-hybridized carbons (Fsp3) is 0.200. The fourth-order valence-corrected chi connectivity index (χ4v) is 2.11. The molecule has 0 aliphatic heterocycles. The average Bonchev–Trinajstić information content (AvgIpc) is 2.57. The van der Waals surface area contributed by atoms with Crippen molar-refractivity contribution in [2.75, 3.05) is 5.32 Å². The molecule has 0 saturated carbocycles. The Morgan fingerprint density at radius 1 is 1.50 bits per heavy atom. The Hall–Kier alpha value is -1.82. The maximum atomic E-state index is 11.1. The molecule has 1 aromatic rings. The van der Waals surface area contributed by atoms with Gasteiger partial charge in [0.1, 0.15) is 5.00 Å². The van der Waals surface area contributed by atoms with Gasteiger partial charge in [-0.15, -0.1) is 11.3 Å². The number of thiophene rings is 1. The number of primary amides is 2. The molecule has 1 aromatic heterocycles. The van der Waals surface area contributed by atoms with Crippen molar-refractivity contribution < 1.29 is 9.59 Å². The van der Waals surface area contributed by atoms with Gasteiger partial charge in [-0.2, -0.15) is 0 Å². The number of carbonyl (C=O) groups is 2. The number of hydrogen-bond acceptors (Lipinski definition) is 3. The summed E-state index contributed by atoms with van der Waals surface area (Å²) in [5, 5.41) is 2.76. The standard InChI is InChI=1S/C10H13N3O2S/c1-2-3-4-6-5-7(8(11)14)9(16-6)13-10(12)15/h3-5H,2H2,1H3,(H2,11,14)(H3,12,13,15)/b4-3+. The second kappa shape index (κ2) is 5.32. The average molecular weight is 239 g/mol. The zero-order chi connectivity index (χ0) is 12.1. The van der Waals surface area contributed by atoms with Crippen LogP contribution in [0.1, 0.15) is 28.6 Å². The van der Waals surface area contributed by atoms with E-state index in [1.807, 2.05) is 19.1 Å². The molecule has 5 N–H and O–H groups in total. The van der Waals surface area contributed by atoms with Gasteiger partial charge in [-0.3, -0.25) is 10.1 Å². The van der Waals surface area contributed by atoms with Crippen molar-refractivity contribution >= 4 is 34.4 Å². The highest BCUT2D eigenvalue weighted by molar-refractivity contribution is 7.17. The number of hydrogen-bond donors (Lipinski definition) is 3. The van der Waals surface area contributed by atoms with Gasteiger partial charge in [-0.1, -0.05) is 13.0 Å². The lowest BCUT2D eigenvalue weighted by Gasteiger charge is -1.98. The number of anilines is 1. The highest BCUT2D eigenvalue weighted by Crippen LogP contribution is 2.28. The topological polar surface area (TPSA) is 98.2 Å². The normalized spacial score (nSPS) is 10.6. The van der Waals surface area contributed by atoms with E-state index in [0.717, 1.165) is 11.3 Å². The minimum atomic E-state index is -0.713. The van der Waals surface area contributed by atoms with Gasteiger partial charge < -0.3 is 11.5 Å². The summed E-state index contributed by atoms with van der Waals surface area (Å²) in [6.45, 7) is 2.00. The van der Waals surface area contributed by atoms with Gasteiger partial charge in [-0.05, 0) is 18.6 Å². The molecule has 3 amide bonds. The number of allylic oxidation sites excluding steroid dienone is 1. The predicted octanol–water partition coefficient (Wildman–Crippen LogP) is 1.76. The molecule has 1 heterocycles. The number of amides is 3. The van der Waals surface area contributed by atoms with E-state index in [1.54, 1.807) is 6.07 Å². The first-order chi connectivity index (χ1) is 7.54. The van der Waals surface area contributed by atoms with Crippen LogP contribution in [0.15, 0.2) is 12.1 Å². The molecular formula is C10H13N3O2S. The number of rotatable bonds is 4. The monoisotopic (exact) mass is 239 g/mol. The third-order valence-electron chi connectivity index (χ3n) is 1.77. The van der Waals surface area contributed by atoms with Gasteiger partial charge in [0, 0.05) is 4.88 Å². The van der Waals surface area contributed by atoms with Crippen molar-refractivity contribution in [2.24, 2.45) is 11.5 Å². The number of carbonyl (C=O) groups excluding carboxylic acids is 2. The van der Waals surface area contributed by atoms with Crippen LogP contribution >= 0.6 is 11.3 Å². The van der Waals surface area contributed by atoms with E-state index >= 15 is 0 Å². The van der Waals surface area contributed by atoms with Crippen molar-refractivity contribution in [1.29, 1.82) is 0 Å². The van der Waals surface area contributed by atoms with Gasteiger partial charge in [0.2, 0.25) is 0 Å². The first kappa shape index (κ1) is 12.3. The summed E-state index contributed by atoms with van der Waals surface area (Å²) >= 11 is 1.26. The Morgan fingerprint density at radius 3 is 2.69 bits per heavy atom. The molecule has 0 unspecified atom stereocenters. The number of nitrogens with two attached hydrogens (primary N) is 2. The van der Waals surface area contributed by atoms with Crippen LogP contribution in [0.3, 0.4) is 0 Å². The molecule has 5 nitrogen and oxygen atoms in total. The quantitative estimate of drug-likeness (QED) is 0.746. The van der Waals surface area contributed by atoms with E-state index in [0.29, 0.717) is 5.00 Å². The Kier molecular flexibility index (Phi) is 4.07. The highest BCUT2D eigenvalue weighted by atomic mass is 32.1. The number of nitrogens with one attached hydrogen (secondary N) is 1. The molecule has 0 aromatic carbocycles. The van der Waals surface area contributed by atoms with Crippen molar-refractivity contribution in [3.8, 4) is 0 Å². The molecule has 0 bridgehead atoms. The van der Waals surface area contributed by atoms with Crippen molar-refractivity contribution in [3.05, 3.63) is 22.6 Å². The SMILES string of the molecule is CC/C=C/c1cc(C(N)=O)c(NC(N)=O)s1. The summed E-state index contributed by atoms with van der Waals surface area (Å²) in [6.07, 6.45) is 4.70. The van der Waals surface area contributed by atoms with E-state index in [-0.39, 0.29) is 5.56 Å². The van der Waals surface area contributed by atoms with E-state index in [1.165, 1.54) is 11.3 Å². The molecule has 6 heteroatoms. The molecule has 0 radical (unpaired) electrons. The molecule has 0 aliphatic carbocycles. The van der Waals surface area contributed by atoms with Crippen LogP contribution in [0.4, 0.5) is 9.80 Å². The number of urea groups is 1. The van der Waals surface area contributed by atoms with E-state index < -0.39 is 11.9 Å².